The third-order valence-electron chi connectivity index (χ3n) is 4.24. The van der Waals surface area contributed by atoms with Gasteiger partial charge in [0, 0.05) is 13.2 Å². The van der Waals surface area contributed by atoms with Crippen molar-refractivity contribution in [2.45, 2.75) is 26.5 Å². The van der Waals surface area contributed by atoms with Crippen molar-refractivity contribution in [3.8, 4) is 5.69 Å². The standard InChI is InChI=1S/C21H25N5O3/c1-2-28-10-11-29-15-19-5-3-4-18(12-19)14-22-21(27)13-17-6-8-20(9-7-17)26-16-23-24-25-26/h3-9,12,16H,2,10-11,13-15H2,1H3,(H,22,27). The molecule has 8 heteroatoms. The van der Waals surface area contributed by atoms with E-state index in [1.807, 2.05) is 55.5 Å². The zero-order valence-electron chi connectivity index (χ0n) is 16.5. The molecule has 0 radical (unpaired) electrons. The highest BCUT2D eigenvalue weighted by atomic mass is 16.5. The van der Waals surface area contributed by atoms with E-state index in [1.165, 1.54) is 6.33 Å². The van der Waals surface area contributed by atoms with Gasteiger partial charge in [-0.15, -0.1) is 5.10 Å². The lowest BCUT2D eigenvalue weighted by molar-refractivity contribution is -0.120. The average molecular weight is 395 g/mol. The maximum Gasteiger partial charge on any atom is 0.224 e. The molecule has 0 bridgehead atoms. The van der Waals surface area contributed by atoms with Gasteiger partial charge in [-0.25, -0.2) is 4.68 Å². The summed E-state index contributed by atoms with van der Waals surface area (Å²) >= 11 is 0. The summed E-state index contributed by atoms with van der Waals surface area (Å²) in [5.74, 6) is -0.0291. The third kappa shape index (κ3) is 6.78. The normalized spacial score (nSPS) is 10.8. The molecule has 152 valence electrons. The predicted molar refractivity (Wildman–Crippen MR) is 107 cm³/mol. The SMILES string of the molecule is CCOCCOCc1cccc(CNC(=O)Cc2ccc(-n3cnnn3)cc2)c1. The number of aromatic nitrogens is 4. The molecule has 3 aromatic rings. The number of nitrogens with one attached hydrogen (secondary N) is 1. The largest absolute Gasteiger partial charge is 0.379 e. The fraction of sp³-hybridized carbons (Fsp3) is 0.333. The molecule has 2 aromatic carbocycles. The Hall–Kier alpha value is -3.10. The fourth-order valence-corrected chi connectivity index (χ4v) is 2.78. The summed E-state index contributed by atoms with van der Waals surface area (Å²) in [6.45, 7) is 4.84. The Balaban J connectivity index is 1.43. The Bertz CT molecular complexity index is 882. The monoisotopic (exact) mass is 395 g/mol. The van der Waals surface area contributed by atoms with E-state index in [0.29, 0.717) is 39.4 Å². The molecule has 0 aliphatic rings. The van der Waals surface area contributed by atoms with Crippen LogP contribution in [-0.2, 0) is 33.8 Å². The highest BCUT2D eigenvalue weighted by molar-refractivity contribution is 5.78. The van der Waals surface area contributed by atoms with Gasteiger partial charge in [0.2, 0.25) is 5.91 Å². The lowest BCUT2D eigenvalue weighted by Crippen LogP contribution is -2.24. The highest BCUT2D eigenvalue weighted by Gasteiger charge is 2.05. The number of rotatable bonds is 11. The minimum Gasteiger partial charge on any atom is -0.379 e. The van der Waals surface area contributed by atoms with E-state index in [9.17, 15) is 4.79 Å². The zero-order chi connectivity index (χ0) is 20.3. The average Bonchev–Trinajstić information content (AvgIpc) is 3.28. The number of hydrogen-bond acceptors (Lipinski definition) is 6. The van der Waals surface area contributed by atoms with Crippen LogP contribution < -0.4 is 5.32 Å². The molecule has 1 amide bonds. The summed E-state index contributed by atoms with van der Waals surface area (Å²) in [6, 6.07) is 15.6. The molecule has 0 saturated carbocycles. The molecule has 0 unspecified atom stereocenters. The lowest BCUT2D eigenvalue weighted by atomic mass is 10.1. The van der Waals surface area contributed by atoms with Crippen LogP contribution in [0.5, 0.6) is 0 Å². The van der Waals surface area contributed by atoms with Gasteiger partial charge in [-0.05, 0) is 46.2 Å². The summed E-state index contributed by atoms with van der Waals surface area (Å²) in [5, 5.41) is 14.0. The molecule has 0 aliphatic carbocycles. The number of carbonyl (C=O) groups is 1. The number of benzene rings is 2. The van der Waals surface area contributed by atoms with Gasteiger partial charge < -0.3 is 14.8 Å². The Kier molecular flexibility index (Phi) is 7.85. The molecule has 0 atom stereocenters. The van der Waals surface area contributed by atoms with Gasteiger partial charge in [0.15, 0.2) is 0 Å². The van der Waals surface area contributed by atoms with E-state index < -0.39 is 0 Å². The van der Waals surface area contributed by atoms with Crippen molar-refractivity contribution >= 4 is 5.91 Å². The molecule has 0 fully saturated rings. The van der Waals surface area contributed by atoms with E-state index in [0.717, 1.165) is 22.4 Å². The van der Waals surface area contributed by atoms with Crippen molar-refractivity contribution in [2.75, 3.05) is 19.8 Å². The molecule has 8 nitrogen and oxygen atoms in total. The highest BCUT2D eigenvalue weighted by Crippen LogP contribution is 2.09. The van der Waals surface area contributed by atoms with Gasteiger partial charge in [-0.3, -0.25) is 4.79 Å². The number of amides is 1. The topological polar surface area (TPSA) is 91.2 Å². The Morgan fingerprint density at radius 2 is 1.83 bits per heavy atom. The van der Waals surface area contributed by atoms with Crippen LogP contribution in [0.2, 0.25) is 0 Å². The maximum absolute atomic E-state index is 12.3. The van der Waals surface area contributed by atoms with E-state index in [2.05, 4.69) is 20.8 Å². The number of nitrogens with zero attached hydrogens (tertiary/aromatic N) is 4. The Morgan fingerprint density at radius 3 is 2.59 bits per heavy atom. The van der Waals surface area contributed by atoms with Gasteiger partial charge in [-0.2, -0.15) is 0 Å². The van der Waals surface area contributed by atoms with Crippen LogP contribution in [0.15, 0.2) is 54.9 Å². The van der Waals surface area contributed by atoms with Gasteiger partial charge in [0.1, 0.15) is 6.33 Å². The number of hydrogen-bond donors (Lipinski definition) is 1. The molecule has 1 heterocycles. The lowest BCUT2D eigenvalue weighted by Gasteiger charge is -2.09. The van der Waals surface area contributed by atoms with Crippen LogP contribution in [0.25, 0.3) is 5.69 Å². The zero-order valence-corrected chi connectivity index (χ0v) is 16.5. The molecule has 1 aromatic heterocycles. The second-order valence-corrected chi connectivity index (χ2v) is 6.44. The molecule has 0 saturated heterocycles. The van der Waals surface area contributed by atoms with Gasteiger partial charge in [0.05, 0.1) is 31.9 Å². The summed E-state index contributed by atoms with van der Waals surface area (Å²) in [6.07, 6.45) is 1.84. The second kappa shape index (κ2) is 11.0. The van der Waals surface area contributed by atoms with Crippen LogP contribution >= 0.6 is 0 Å². The smallest absolute Gasteiger partial charge is 0.224 e. The minimum absolute atomic E-state index is 0.0291. The fourth-order valence-electron chi connectivity index (χ4n) is 2.78. The molecular weight excluding hydrogens is 370 g/mol. The molecule has 1 N–H and O–H groups in total. The second-order valence-electron chi connectivity index (χ2n) is 6.44. The third-order valence-corrected chi connectivity index (χ3v) is 4.24. The van der Waals surface area contributed by atoms with Gasteiger partial charge in [0.25, 0.3) is 0 Å². The van der Waals surface area contributed by atoms with Gasteiger partial charge >= 0.3 is 0 Å². The molecular formula is C21H25N5O3. The van der Waals surface area contributed by atoms with Crippen molar-refractivity contribution in [2.24, 2.45) is 0 Å². The first kappa shape index (κ1) is 20.6. The molecule has 0 spiro atoms. The Labute approximate surface area is 169 Å². The maximum atomic E-state index is 12.3. The molecule has 29 heavy (non-hydrogen) atoms. The van der Waals surface area contributed by atoms with Crippen LogP contribution in [-0.4, -0.2) is 45.9 Å². The first-order valence-electron chi connectivity index (χ1n) is 9.57. The van der Waals surface area contributed by atoms with Crippen molar-refractivity contribution in [1.29, 1.82) is 0 Å². The van der Waals surface area contributed by atoms with Crippen LogP contribution in [0.1, 0.15) is 23.6 Å². The van der Waals surface area contributed by atoms with Crippen LogP contribution in [0.4, 0.5) is 0 Å². The minimum atomic E-state index is -0.0291. The number of tetrazole rings is 1. The van der Waals surface area contributed by atoms with Crippen molar-refractivity contribution in [3.63, 3.8) is 0 Å². The quantitative estimate of drug-likeness (QED) is 0.500. The number of carbonyl (C=O) groups excluding carboxylic acids is 1. The van der Waals surface area contributed by atoms with E-state index in [1.54, 1.807) is 4.68 Å². The Morgan fingerprint density at radius 1 is 1.03 bits per heavy atom. The number of ether oxygens (including phenoxy) is 2. The summed E-state index contributed by atoms with van der Waals surface area (Å²) < 4.78 is 12.4. The first-order chi connectivity index (χ1) is 14.2. The summed E-state index contributed by atoms with van der Waals surface area (Å²) in [4.78, 5) is 12.3. The van der Waals surface area contributed by atoms with Gasteiger partial charge in [-0.1, -0.05) is 36.4 Å². The summed E-state index contributed by atoms with van der Waals surface area (Å²) in [5.41, 5.74) is 3.89. The molecule has 3 rings (SSSR count). The first-order valence-corrected chi connectivity index (χ1v) is 9.57. The van der Waals surface area contributed by atoms with E-state index >= 15 is 0 Å². The van der Waals surface area contributed by atoms with E-state index in [-0.39, 0.29) is 5.91 Å². The van der Waals surface area contributed by atoms with Crippen molar-refractivity contribution < 1.29 is 14.3 Å². The van der Waals surface area contributed by atoms with E-state index in [4.69, 9.17) is 9.47 Å². The van der Waals surface area contributed by atoms with Crippen LogP contribution in [0, 0.1) is 0 Å². The summed E-state index contributed by atoms with van der Waals surface area (Å²) in [7, 11) is 0. The predicted octanol–water partition coefficient (Wildman–Crippen LogP) is 2.07. The van der Waals surface area contributed by atoms with Crippen LogP contribution in [0.3, 0.4) is 0 Å². The van der Waals surface area contributed by atoms with Crippen molar-refractivity contribution in [3.05, 3.63) is 71.5 Å². The molecule has 0 aliphatic heterocycles. The van der Waals surface area contributed by atoms with Crippen molar-refractivity contribution in [1.82, 2.24) is 25.5 Å².